The lowest BCUT2D eigenvalue weighted by atomic mass is 9.92. The molecular formula is C22H27N5O2S. The third-order valence-electron chi connectivity index (χ3n) is 5.33. The van der Waals surface area contributed by atoms with Gasteiger partial charge in [-0.1, -0.05) is 55.9 Å². The van der Waals surface area contributed by atoms with Gasteiger partial charge in [0.1, 0.15) is 11.0 Å². The number of nitrogens with two attached hydrogens (primary N) is 1. The van der Waals surface area contributed by atoms with Gasteiger partial charge >= 0.3 is 0 Å². The molecule has 0 spiro atoms. The summed E-state index contributed by atoms with van der Waals surface area (Å²) in [6.07, 6.45) is 2.87. The van der Waals surface area contributed by atoms with E-state index in [4.69, 9.17) is 10.2 Å². The molecule has 30 heavy (non-hydrogen) atoms. The van der Waals surface area contributed by atoms with Crippen LogP contribution in [0.3, 0.4) is 0 Å². The van der Waals surface area contributed by atoms with E-state index in [1.807, 2.05) is 47.0 Å². The van der Waals surface area contributed by atoms with Crippen LogP contribution in [0.5, 0.6) is 0 Å². The molecule has 4 rings (SSSR count). The van der Waals surface area contributed by atoms with Gasteiger partial charge in [-0.05, 0) is 36.0 Å². The molecule has 0 aliphatic carbocycles. The van der Waals surface area contributed by atoms with Crippen molar-refractivity contribution >= 4 is 23.6 Å². The molecule has 8 heteroatoms. The average molecular weight is 426 g/mol. The van der Waals surface area contributed by atoms with Gasteiger partial charge in [0.25, 0.3) is 0 Å². The maximum atomic E-state index is 12.2. The monoisotopic (exact) mass is 425 g/mol. The Morgan fingerprint density at radius 1 is 1.17 bits per heavy atom. The second-order valence-electron chi connectivity index (χ2n) is 8.11. The Balaban J connectivity index is 1.68. The van der Waals surface area contributed by atoms with E-state index < -0.39 is 11.2 Å². The van der Waals surface area contributed by atoms with Crippen molar-refractivity contribution in [3.63, 3.8) is 0 Å². The minimum atomic E-state index is -0.544. The topological polar surface area (TPSA) is 90.2 Å². The van der Waals surface area contributed by atoms with E-state index >= 15 is 0 Å². The number of aromatic nitrogens is 3. The quantitative estimate of drug-likeness (QED) is 0.580. The number of benzene rings is 1. The summed E-state index contributed by atoms with van der Waals surface area (Å²) >= 11 is 1.33. The molecule has 1 aliphatic heterocycles. The SMILES string of the molecule is CC1CC(C)CN(c2nnc(SC(C(N)=O)c3ccccc3)n2Cc2ccco2)C1. The number of carbonyl (C=O) groups is 1. The fourth-order valence-electron chi connectivity index (χ4n) is 4.15. The van der Waals surface area contributed by atoms with Crippen LogP contribution in [0.1, 0.15) is 36.8 Å². The van der Waals surface area contributed by atoms with E-state index in [1.54, 1.807) is 6.26 Å². The second-order valence-corrected chi connectivity index (χ2v) is 9.18. The highest BCUT2D eigenvalue weighted by atomic mass is 32.2. The smallest absolute Gasteiger partial charge is 0.235 e. The van der Waals surface area contributed by atoms with Gasteiger partial charge < -0.3 is 15.1 Å². The zero-order chi connectivity index (χ0) is 21.1. The number of carbonyl (C=O) groups excluding carboxylic acids is 1. The standard InChI is InChI=1S/C22H27N5O2S/c1-15-11-16(2)13-26(12-15)21-24-25-22(27(21)14-18-9-6-10-29-18)30-19(20(23)28)17-7-4-3-5-8-17/h3-10,15-16,19H,11-14H2,1-2H3,(H2,23,28). The van der Waals surface area contributed by atoms with Gasteiger partial charge in [0.15, 0.2) is 5.16 Å². The summed E-state index contributed by atoms with van der Waals surface area (Å²) in [6.45, 7) is 6.90. The van der Waals surface area contributed by atoms with Crippen LogP contribution >= 0.6 is 11.8 Å². The average Bonchev–Trinajstić information content (AvgIpc) is 3.36. The summed E-state index contributed by atoms with van der Waals surface area (Å²) in [5.41, 5.74) is 6.59. The Morgan fingerprint density at radius 2 is 1.90 bits per heavy atom. The molecule has 3 atom stereocenters. The minimum Gasteiger partial charge on any atom is -0.467 e. The Morgan fingerprint density at radius 3 is 2.53 bits per heavy atom. The Labute approximate surface area is 180 Å². The number of anilines is 1. The molecule has 1 aliphatic rings. The molecule has 0 bridgehead atoms. The third-order valence-corrected chi connectivity index (χ3v) is 6.58. The summed E-state index contributed by atoms with van der Waals surface area (Å²) in [4.78, 5) is 14.5. The van der Waals surface area contributed by atoms with E-state index in [9.17, 15) is 4.79 Å². The molecule has 7 nitrogen and oxygen atoms in total. The fraction of sp³-hybridized carbons (Fsp3) is 0.409. The van der Waals surface area contributed by atoms with Crippen molar-refractivity contribution in [2.75, 3.05) is 18.0 Å². The molecule has 158 valence electrons. The first-order valence-corrected chi connectivity index (χ1v) is 11.1. The van der Waals surface area contributed by atoms with Crippen LogP contribution in [0.25, 0.3) is 0 Å². The lowest BCUT2D eigenvalue weighted by Gasteiger charge is -2.35. The van der Waals surface area contributed by atoms with Crippen molar-refractivity contribution in [3.8, 4) is 0 Å². The predicted octanol–water partition coefficient (Wildman–Crippen LogP) is 3.72. The van der Waals surface area contributed by atoms with Crippen LogP contribution in [0.4, 0.5) is 5.95 Å². The van der Waals surface area contributed by atoms with Crippen molar-refractivity contribution in [2.45, 2.75) is 37.2 Å². The number of piperidine rings is 1. The van der Waals surface area contributed by atoms with Crippen molar-refractivity contribution in [1.82, 2.24) is 14.8 Å². The molecule has 2 N–H and O–H groups in total. The van der Waals surface area contributed by atoms with E-state index in [1.165, 1.54) is 18.2 Å². The number of hydrogen-bond acceptors (Lipinski definition) is 6. The normalized spacial score (nSPS) is 20.3. The van der Waals surface area contributed by atoms with Gasteiger partial charge in [-0.15, -0.1) is 10.2 Å². The maximum absolute atomic E-state index is 12.2. The third kappa shape index (κ3) is 4.53. The summed E-state index contributed by atoms with van der Waals surface area (Å²) in [5, 5.41) is 9.08. The fourth-order valence-corrected chi connectivity index (χ4v) is 5.13. The van der Waals surface area contributed by atoms with Crippen LogP contribution < -0.4 is 10.6 Å². The molecule has 1 aromatic carbocycles. The summed E-state index contributed by atoms with van der Waals surface area (Å²) in [7, 11) is 0. The molecule has 0 saturated carbocycles. The number of nitrogens with zero attached hydrogens (tertiary/aromatic N) is 4. The van der Waals surface area contributed by atoms with E-state index in [0.717, 1.165) is 30.4 Å². The highest BCUT2D eigenvalue weighted by Gasteiger charge is 2.29. The van der Waals surface area contributed by atoms with E-state index in [2.05, 4.69) is 28.9 Å². The van der Waals surface area contributed by atoms with Gasteiger partial charge in [0.2, 0.25) is 11.9 Å². The van der Waals surface area contributed by atoms with E-state index in [-0.39, 0.29) is 0 Å². The summed E-state index contributed by atoms with van der Waals surface area (Å²) in [6, 6.07) is 13.3. The van der Waals surface area contributed by atoms with E-state index in [0.29, 0.717) is 23.5 Å². The molecule has 2 aromatic heterocycles. The number of thioether (sulfide) groups is 1. The number of furan rings is 1. The summed E-state index contributed by atoms with van der Waals surface area (Å²) < 4.78 is 7.62. The first kappa shape index (κ1) is 20.5. The lowest BCUT2D eigenvalue weighted by molar-refractivity contribution is -0.117. The number of rotatable bonds is 7. The Hall–Kier alpha value is -2.74. The molecule has 3 unspecified atom stereocenters. The lowest BCUT2D eigenvalue weighted by Crippen LogP contribution is -2.40. The molecule has 3 aromatic rings. The van der Waals surface area contributed by atoms with Crippen molar-refractivity contribution in [3.05, 3.63) is 60.1 Å². The van der Waals surface area contributed by atoms with Gasteiger partial charge in [-0.3, -0.25) is 9.36 Å². The van der Waals surface area contributed by atoms with Gasteiger partial charge in [0, 0.05) is 13.1 Å². The molecule has 1 amide bonds. The molecule has 3 heterocycles. The maximum Gasteiger partial charge on any atom is 0.235 e. The Bertz CT molecular complexity index is 963. The largest absolute Gasteiger partial charge is 0.467 e. The molecular weight excluding hydrogens is 398 g/mol. The van der Waals surface area contributed by atoms with Crippen molar-refractivity contribution < 1.29 is 9.21 Å². The number of primary amides is 1. The molecule has 1 fully saturated rings. The first-order valence-electron chi connectivity index (χ1n) is 10.2. The van der Waals surface area contributed by atoms with Crippen LogP contribution in [0.15, 0.2) is 58.3 Å². The minimum absolute atomic E-state index is 0.402. The number of hydrogen-bond donors (Lipinski definition) is 1. The van der Waals surface area contributed by atoms with Crippen LogP contribution in [-0.2, 0) is 11.3 Å². The zero-order valence-electron chi connectivity index (χ0n) is 17.3. The molecule has 0 radical (unpaired) electrons. The molecule has 1 saturated heterocycles. The van der Waals surface area contributed by atoms with Gasteiger partial charge in [0.05, 0.1) is 12.8 Å². The summed E-state index contributed by atoms with van der Waals surface area (Å²) in [5.74, 6) is 2.39. The Kier molecular flexibility index (Phi) is 6.13. The number of amides is 1. The van der Waals surface area contributed by atoms with Crippen LogP contribution in [0.2, 0.25) is 0 Å². The van der Waals surface area contributed by atoms with Crippen molar-refractivity contribution in [1.29, 1.82) is 0 Å². The van der Waals surface area contributed by atoms with Crippen LogP contribution in [0, 0.1) is 11.8 Å². The van der Waals surface area contributed by atoms with Crippen molar-refractivity contribution in [2.24, 2.45) is 17.6 Å². The first-order chi connectivity index (χ1) is 14.5. The van der Waals surface area contributed by atoms with Gasteiger partial charge in [-0.25, -0.2) is 0 Å². The predicted molar refractivity (Wildman–Crippen MR) is 117 cm³/mol. The highest BCUT2D eigenvalue weighted by Crippen LogP contribution is 2.36. The zero-order valence-corrected chi connectivity index (χ0v) is 18.1. The second kappa shape index (κ2) is 8.95. The highest BCUT2D eigenvalue weighted by molar-refractivity contribution is 8.00. The van der Waals surface area contributed by atoms with Crippen LogP contribution in [-0.4, -0.2) is 33.8 Å². The van der Waals surface area contributed by atoms with Gasteiger partial charge in [-0.2, -0.15) is 0 Å².